The molecule has 1 aliphatic carbocycles. The molecular weight excluding hydrogens is 418 g/mol. The van der Waals surface area contributed by atoms with Gasteiger partial charge in [-0.15, -0.1) is 0 Å². The van der Waals surface area contributed by atoms with E-state index in [-0.39, 0.29) is 28.5 Å². The summed E-state index contributed by atoms with van der Waals surface area (Å²) in [5.74, 6) is -0.0924. The Balaban J connectivity index is 1.42. The van der Waals surface area contributed by atoms with Gasteiger partial charge in [-0.3, -0.25) is 9.59 Å². The van der Waals surface area contributed by atoms with E-state index in [9.17, 15) is 18.0 Å². The molecule has 2 N–H and O–H groups in total. The van der Waals surface area contributed by atoms with Gasteiger partial charge in [0.1, 0.15) is 6.04 Å². The highest BCUT2D eigenvalue weighted by Gasteiger charge is 2.30. The van der Waals surface area contributed by atoms with Crippen LogP contribution in [-0.2, 0) is 24.3 Å². The van der Waals surface area contributed by atoms with Crippen molar-refractivity contribution in [3.8, 4) is 0 Å². The number of amides is 2. The van der Waals surface area contributed by atoms with E-state index >= 15 is 0 Å². The fraction of sp³-hybridized carbons (Fsp3) is 0.636. The first-order valence-corrected chi connectivity index (χ1v) is 12.5. The van der Waals surface area contributed by atoms with Gasteiger partial charge >= 0.3 is 0 Å². The highest BCUT2D eigenvalue weighted by Crippen LogP contribution is 2.29. The van der Waals surface area contributed by atoms with Gasteiger partial charge in [0.05, 0.1) is 18.1 Å². The fourth-order valence-corrected chi connectivity index (χ4v) is 5.22. The van der Waals surface area contributed by atoms with E-state index in [4.69, 9.17) is 4.74 Å². The molecule has 2 aliphatic rings. The molecule has 1 aromatic rings. The molecule has 0 bridgehead atoms. The molecule has 2 amide bonds. The van der Waals surface area contributed by atoms with Gasteiger partial charge < -0.3 is 15.0 Å². The SMILES string of the molecule is Cc1ccc(S(=O)(=O)NCC2CCC(C(=O)NC(C)C(=O)N3CCOCC3)CC2)cc1. The molecule has 1 unspecified atom stereocenters. The number of hydrogen-bond acceptors (Lipinski definition) is 5. The van der Waals surface area contributed by atoms with Gasteiger partial charge in [-0.1, -0.05) is 17.7 Å². The van der Waals surface area contributed by atoms with Gasteiger partial charge in [-0.05, 0) is 57.6 Å². The number of morpholine rings is 1. The molecule has 0 radical (unpaired) electrons. The van der Waals surface area contributed by atoms with Crippen molar-refractivity contribution in [3.63, 3.8) is 0 Å². The molecule has 9 heteroatoms. The summed E-state index contributed by atoms with van der Waals surface area (Å²) in [6.07, 6.45) is 2.95. The van der Waals surface area contributed by atoms with Crippen LogP contribution in [0.5, 0.6) is 0 Å². The molecule has 0 spiro atoms. The minimum atomic E-state index is -3.52. The summed E-state index contributed by atoms with van der Waals surface area (Å²) in [5.41, 5.74) is 1.01. The number of hydrogen-bond donors (Lipinski definition) is 2. The maximum absolute atomic E-state index is 12.6. The van der Waals surface area contributed by atoms with Crippen LogP contribution in [0.2, 0.25) is 0 Å². The van der Waals surface area contributed by atoms with E-state index in [0.717, 1.165) is 18.4 Å². The zero-order chi connectivity index (χ0) is 22.4. The van der Waals surface area contributed by atoms with E-state index in [0.29, 0.717) is 45.7 Å². The Labute approximate surface area is 184 Å². The summed E-state index contributed by atoms with van der Waals surface area (Å²) in [6.45, 7) is 6.19. The number of ether oxygens (including phenoxy) is 1. The molecule has 1 heterocycles. The van der Waals surface area contributed by atoms with Crippen molar-refractivity contribution >= 4 is 21.8 Å². The highest BCUT2D eigenvalue weighted by molar-refractivity contribution is 7.89. The van der Waals surface area contributed by atoms with Crippen LogP contribution in [0.3, 0.4) is 0 Å². The smallest absolute Gasteiger partial charge is 0.245 e. The van der Waals surface area contributed by atoms with E-state index < -0.39 is 16.1 Å². The maximum Gasteiger partial charge on any atom is 0.245 e. The topological polar surface area (TPSA) is 105 Å². The van der Waals surface area contributed by atoms with Crippen LogP contribution in [0.25, 0.3) is 0 Å². The second-order valence-corrected chi connectivity index (χ2v) is 10.3. The van der Waals surface area contributed by atoms with Crippen molar-refractivity contribution in [1.29, 1.82) is 0 Å². The number of carbonyl (C=O) groups is 2. The van der Waals surface area contributed by atoms with Crippen LogP contribution in [-0.4, -0.2) is 64.0 Å². The van der Waals surface area contributed by atoms with E-state index in [1.165, 1.54) is 0 Å². The largest absolute Gasteiger partial charge is 0.378 e. The lowest BCUT2D eigenvalue weighted by atomic mass is 9.81. The van der Waals surface area contributed by atoms with Gasteiger partial charge in [-0.25, -0.2) is 13.1 Å². The molecule has 8 nitrogen and oxygen atoms in total. The van der Waals surface area contributed by atoms with Crippen molar-refractivity contribution < 1.29 is 22.7 Å². The predicted octanol–water partition coefficient (Wildman–Crippen LogP) is 1.44. The zero-order valence-corrected chi connectivity index (χ0v) is 19.1. The third kappa shape index (κ3) is 6.51. The van der Waals surface area contributed by atoms with Crippen molar-refractivity contribution in [2.45, 2.75) is 50.5 Å². The minimum Gasteiger partial charge on any atom is -0.378 e. The molecule has 1 aromatic carbocycles. The van der Waals surface area contributed by atoms with E-state index in [2.05, 4.69) is 10.0 Å². The van der Waals surface area contributed by atoms with Crippen molar-refractivity contribution in [2.75, 3.05) is 32.8 Å². The Morgan fingerprint density at radius 1 is 1.10 bits per heavy atom. The highest BCUT2D eigenvalue weighted by atomic mass is 32.2. The van der Waals surface area contributed by atoms with E-state index in [1.54, 1.807) is 36.1 Å². The summed E-state index contributed by atoms with van der Waals surface area (Å²) < 4.78 is 32.9. The number of nitrogens with one attached hydrogen (secondary N) is 2. The molecule has 0 aromatic heterocycles. The van der Waals surface area contributed by atoms with Gasteiger partial charge in [0, 0.05) is 25.6 Å². The quantitative estimate of drug-likeness (QED) is 0.653. The van der Waals surface area contributed by atoms with Gasteiger partial charge in [-0.2, -0.15) is 0 Å². The number of aryl methyl sites for hydroxylation is 1. The number of sulfonamides is 1. The van der Waals surface area contributed by atoms with Crippen LogP contribution >= 0.6 is 0 Å². The van der Waals surface area contributed by atoms with Crippen LogP contribution in [0, 0.1) is 18.8 Å². The van der Waals surface area contributed by atoms with Crippen LogP contribution in [0.15, 0.2) is 29.2 Å². The molecule has 1 aliphatic heterocycles. The molecule has 1 saturated carbocycles. The van der Waals surface area contributed by atoms with Crippen molar-refractivity contribution in [1.82, 2.24) is 14.9 Å². The Bertz CT molecular complexity index is 858. The molecule has 1 atom stereocenters. The first-order valence-electron chi connectivity index (χ1n) is 11.0. The maximum atomic E-state index is 12.6. The lowest BCUT2D eigenvalue weighted by Crippen LogP contribution is -2.51. The van der Waals surface area contributed by atoms with Gasteiger partial charge in [0.25, 0.3) is 0 Å². The number of nitrogens with zero attached hydrogens (tertiary/aromatic N) is 1. The van der Waals surface area contributed by atoms with Gasteiger partial charge in [0.15, 0.2) is 0 Å². The van der Waals surface area contributed by atoms with E-state index in [1.807, 2.05) is 6.92 Å². The first kappa shape index (κ1) is 23.7. The second kappa shape index (κ2) is 10.6. The number of rotatable bonds is 7. The fourth-order valence-electron chi connectivity index (χ4n) is 4.11. The Morgan fingerprint density at radius 3 is 2.32 bits per heavy atom. The third-order valence-corrected chi connectivity index (χ3v) is 7.60. The lowest BCUT2D eigenvalue weighted by Gasteiger charge is -2.31. The average Bonchev–Trinajstić information content (AvgIpc) is 2.78. The summed E-state index contributed by atoms with van der Waals surface area (Å²) >= 11 is 0. The summed E-state index contributed by atoms with van der Waals surface area (Å²) in [6, 6.07) is 6.23. The van der Waals surface area contributed by atoms with Crippen LogP contribution in [0.4, 0.5) is 0 Å². The monoisotopic (exact) mass is 451 g/mol. The molecule has 31 heavy (non-hydrogen) atoms. The normalized spacial score (nSPS) is 23.2. The second-order valence-electron chi connectivity index (χ2n) is 8.55. The standard InChI is InChI=1S/C22H33N3O5S/c1-16-3-9-20(10-4-16)31(28,29)23-15-18-5-7-19(8-6-18)21(26)24-17(2)22(27)25-11-13-30-14-12-25/h3-4,9-10,17-19,23H,5-8,11-15H2,1-2H3,(H,24,26). The Morgan fingerprint density at radius 2 is 1.71 bits per heavy atom. The molecule has 172 valence electrons. The number of carbonyl (C=O) groups excluding carboxylic acids is 2. The summed E-state index contributed by atoms with van der Waals surface area (Å²) in [4.78, 5) is 27.1. The predicted molar refractivity (Wildman–Crippen MR) is 117 cm³/mol. The lowest BCUT2D eigenvalue weighted by molar-refractivity contribution is -0.140. The zero-order valence-electron chi connectivity index (χ0n) is 18.3. The molecule has 2 fully saturated rings. The molecule has 3 rings (SSSR count). The number of benzene rings is 1. The average molecular weight is 452 g/mol. The summed E-state index contributed by atoms with van der Waals surface area (Å²) in [5, 5.41) is 2.86. The first-order chi connectivity index (χ1) is 14.8. The molecule has 1 saturated heterocycles. The molecular formula is C22H33N3O5S. The van der Waals surface area contributed by atoms with Crippen LogP contribution in [0.1, 0.15) is 38.2 Å². The Hall–Kier alpha value is -1.97. The van der Waals surface area contributed by atoms with Crippen LogP contribution < -0.4 is 10.0 Å². The minimum absolute atomic E-state index is 0.0733. The van der Waals surface area contributed by atoms with Gasteiger partial charge in [0.2, 0.25) is 21.8 Å². The summed E-state index contributed by atoms with van der Waals surface area (Å²) in [7, 11) is -3.52. The van der Waals surface area contributed by atoms with Crippen molar-refractivity contribution in [2.24, 2.45) is 11.8 Å². The third-order valence-electron chi connectivity index (χ3n) is 6.16. The Kier molecular flexibility index (Phi) is 8.07. The van der Waals surface area contributed by atoms with Crippen molar-refractivity contribution in [3.05, 3.63) is 29.8 Å².